The third kappa shape index (κ3) is 4.19. The first-order valence-corrected chi connectivity index (χ1v) is 8.56. The summed E-state index contributed by atoms with van der Waals surface area (Å²) in [6.45, 7) is 8.44. The predicted molar refractivity (Wildman–Crippen MR) is 85.0 cm³/mol. The van der Waals surface area contributed by atoms with Gasteiger partial charge in [0, 0.05) is 26.2 Å². The van der Waals surface area contributed by atoms with Crippen LogP contribution < -0.4 is 5.32 Å². The van der Waals surface area contributed by atoms with Gasteiger partial charge in [0.05, 0.1) is 6.10 Å². The van der Waals surface area contributed by atoms with E-state index in [1.165, 1.54) is 45.2 Å². The number of hydrogen-bond donors (Lipinski definition) is 1. The largest absolute Gasteiger partial charge is 0.380 e. The molecule has 1 saturated carbocycles. The molecule has 0 radical (unpaired) electrons. The fraction of sp³-hybridized carbons (Fsp3) is 1.00. The summed E-state index contributed by atoms with van der Waals surface area (Å²) in [5.41, 5.74) is 0. The lowest BCUT2D eigenvalue weighted by atomic mass is 9.73. The number of methoxy groups -OCH3 is 1. The van der Waals surface area contributed by atoms with Gasteiger partial charge in [-0.05, 0) is 63.5 Å². The van der Waals surface area contributed by atoms with Crippen molar-refractivity contribution in [2.45, 2.75) is 58.1 Å². The zero-order valence-corrected chi connectivity index (χ0v) is 13.9. The van der Waals surface area contributed by atoms with Crippen LogP contribution in [0.3, 0.4) is 0 Å². The monoisotopic (exact) mass is 282 g/mol. The quantitative estimate of drug-likeness (QED) is 0.839. The van der Waals surface area contributed by atoms with Crippen LogP contribution in [-0.2, 0) is 4.74 Å². The molecule has 2 fully saturated rings. The van der Waals surface area contributed by atoms with Gasteiger partial charge < -0.3 is 15.0 Å². The summed E-state index contributed by atoms with van der Waals surface area (Å²) in [5.74, 6) is 2.58. The smallest absolute Gasteiger partial charge is 0.0698 e. The molecule has 2 rings (SSSR count). The summed E-state index contributed by atoms with van der Waals surface area (Å²) in [4.78, 5) is 2.65. The number of hydrogen-bond acceptors (Lipinski definition) is 3. The minimum absolute atomic E-state index is 0.460. The number of rotatable bonds is 5. The van der Waals surface area contributed by atoms with E-state index in [-0.39, 0.29) is 0 Å². The Morgan fingerprint density at radius 1 is 1.25 bits per heavy atom. The van der Waals surface area contributed by atoms with Crippen LogP contribution in [0.15, 0.2) is 0 Å². The van der Waals surface area contributed by atoms with Gasteiger partial charge in [-0.15, -0.1) is 0 Å². The lowest BCUT2D eigenvalue weighted by Crippen LogP contribution is -2.48. The highest BCUT2D eigenvalue weighted by atomic mass is 16.5. The van der Waals surface area contributed by atoms with E-state index < -0.39 is 0 Å². The highest BCUT2D eigenvalue weighted by molar-refractivity contribution is 4.88. The Morgan fingerprint density at radius 2 is 2.05 bits per heavy atom. The summed E-state index contributed by atoms with van der Waals surface area (Å²) in [7, 11) is 4.00. The van der Waals surface area contributed by atoms with Crippen LogP contribution >= 0.6 is 0 Å². The number of piperidine rings is 1. The molecular formula is C17H34N2O. The molecule has 118 valence electrons. The minimum Gasteiger partial charge on any atom is -0.380 e. The number of nitrogens with one attached hydrogen (secondary N) is 1. The molecule has 0 amide bonds. The molecule has 1 aliphatic carbocycles. The van der Waals surface area contributed by atoms with E-state index in [0.29, 0.717) is 12.1 Å². The third-order valence-electron chi connectivity index (χ3n) is 5.62. The molecule has 2 aliphatic rings. The maximum Gasteiger partial charge on any atom is 0.0698 e. The Bertz CT molecular complexity index is 282. The van der Waals surface area contributed by atoms with Crippen LogP contribution in [0.1, 0.15) is 46.0 Å². The van der Waals surface area contributed by atoms with Crippen LogP contribution in [0.25, 0.3) is 0 Å². The summed E-state index contributed by atoms with van der Waals surface area (Å²) in [6.07, 6.45) is 7.15. The SMILES string of the molecule is CNC1CCC(C(C)C)CC1CN1CCCC(OC)C1. The number of likely N-dealkylation sites (tertiary alicyclic amines) is 1. The maximum atomic E-state index is 5.57. The molecule has 4 unspecified atom stereocenters. The lowest BCUT2D eigenvalue weighted by molar-refractivity contribution is 0.0174. The van der Waals surface area contributed by atoms with Crippen molar-refractivity contribution in [2.24, 2.45) is 17.8 Å². The van der Waals surface area contributed by atoms with Gasteiger partial charge in [0.1, 0.15) is 0 Å². The third-order valence-corrected chi connectivity index (χ3v) is 5.62. The molecule has 0 aromatic heterocycles. The van der Waals surface area contributed by atoms with Gasteiger partial charge in [0.2, 0.25) is 0 Å². The number of nitrogens with zero attached hydrogens (tertiary/aromatic N) is 1. The first kappa shape index (κ1) is 16.3. The van der Waals surface area contributed by atoms with Crippen molar-refractivity contribution in [3.63, 3.8) is 0 Å². The first-order chi connectivity index (χ1) is 9.63. The van der Waals surface area contributed by atoms with Crippen molar-refractivity contribution < 1.29 is 4.74 Å². The van der Waals surface area contributed by atoms with Gasteiger partial charge >= 0.3 is 0 Å². The van der Waals surface area contributed by atoms with Crippen LogP contribution in [0, 0.1) is 17.8 Å². The molecule has 4 atom stereocenters. The van der Waals surface area contributed by atoms with Crippen LogP contribution in [0.4, 0.5) is 0 Å². The highest BCUT2D eigenvalue weighted by Gasteiger charge is 2.33. The summed E-state index contributed by atoms with van der Waals surface area (Å²) < 4.78 is 5.57. The second kappa shape index (κ2) is 7.77. The zero-order chi connectivity index (χ0) is 14.5. The van der Waals surface area contributed by atoms with E-state index in [4.69, 9.17) is 4.74 Å². The van der Waals surface area contributed by atoms with E-state index in [9.17, 15) is 0 Å². The molecule has 1 heterocycles. The first-order valence-electron chi connectivity index (χ1n) is 8.56. The van der Waals surface area contributed by atoms with Gasteiger partial charge in [0.25, 0.3) is 0 Å². The normalized spacial score (nSPS) is 36.5. The van der Waals surface area contributed by atoms with Crippen LogP contribution in [0.2, 0.25) is 0 Å². The van der Waals surface area contributed by atoms with Crippen molar-refractivity contribution in [3.05, 3.63) is 0 Å². The summed E-state index contributed by atoms with van der Waals surface area (Å²) >= 11 is 0. The molecule has 1 N–H and O–H groups in total. The van der Waals surface area contributed by atoms with Gasteiger partial charge in [-0.1, -0.05) is 13.8 Å². The average molecular weight is 282 g/mol. The van der Waals surface area contributed by atoms with Crippen molar-refractivity contribution >= 4 is 0 Å². The second-order valence-corrected chi connectivity index (χ2v) is 7.23. The molecule has 1 saturated heterocycles. The van der Waals surface area contributed by atoms with Gasteiger partial charge in [-0.2, -0.15) is 0 Å². The molecule has 0 spiro atoms. The van der Waals surface area contributed by atoms with Gasteiger partial charge in [0.15, 0.2) is 0 Å². The number of ether oxygens (including phenoxy) is 1. The topological polar surface area (TPSA) is 24.5 Å². The predicted octanol–water partition coefficient (Wildman–Crippen LogP) is 2.76. The van der Waals surface area contributed by atoms with Crippen molar-refractivity contribution in [2.75, 3.05) is 33.8 Å². The lowest BCUT2D eigenvalue weighted by Gasteiger charge is -2.42. The van der Waals surface area contributed by atoms with Crippen molar-refractivity contribution in [3.8, 4) is 0 Å². The molecular weight excluding hydrogens is 248 g/mol. The molecule has 20 heavy (non-hydrogen) atoms. The van der Waals surface area contributed by atoms with E-state index >= 15 is 0 Å². The average Bonchev–Trinajstić information content (AvgIpc) is 2.47. The van der Waals surface area contributed by atoms with Crippen molar-refractivity contribution in [1.82, 2.24) is 10.2 Å². The van der Waals surface area contributed by atoms with Gasteiger partial charge in [-0.3, -0.25) is 0 Å². The Balaban J connectivity index is 1.90. The summed E-state index contributed by atoms with van der Waals surface area (Å²) in [6, 6.07) is 0.716. The Hall–Kier alpha value is -0.120. The molecule has 3 nitrogen and oxygen atoms in total. The van der Waals surface area contributed by atoms with Gasteiger partial charge in [-0.25, -0.2) is 0 Å². The molecule has 3 heteroatoms. The second-order valence-electron chi connectivity index (χ2n) is 7.23. The van der Waals surface area contributed by atoms with Crippen LogP contribution in [0.5, 0.6) is 0 Å². The van der Waals surface area contributed by atoms with E-state index in [0.717, 1.165) is 24.3 Å². The minimum atomic E-state index is 0.460. The molecule has 0 bridgehead atoms. The standard InChI is InChI=1S/C17H34N2O/c1-13(2)14-7-8-17(18-3)15(10-14)11-19-9-5-6-16(12-19)20-4/h13-18H,5-12H2,1-4H3. The van der Waals surface area contributed by atoms with Crippen molar-refractivity contribution in [1.29, 1.82) is 0 Å². The van der Waals surface area contributed by atoms with Crippen LogP contribution in [-0.4, -0.2) is 50.8 Å². The summed E-state index contributed by atoms with van der Waals surface area (Å²) in [5, 5.41) is 3.57. The maximum absolute atomic E-state index is 5.57. The Morgan fingerprint density at radius 3 is 2.70 bits per heavy atom. The van der Waals surface area contributed by atoms with E-state index in [2.05, 4.69) is 31.1 Å². The van der Waals surface area contributed by atoms with E-state index in [1.807, 2.05) is 7.11 Å². The highest BCUT2D eigenvalue weighted by Crippen LogP contribution is 2.34. The fourth-order valence-corrected chi connectivity index (χ4v) is 4.19. The Labute approximate surface area is 125 Å². The Kier molecular flexibility index (Phi) is 6.31. The zero-order valence-electron chi connectivity index (χ0n) is 13.9. The molecule has 0 aromatic carbocycles. The molecule has 1 aliphatic heterocycles. The molecule has 0 aromatic rings. The van der Waals surface area contributed by atoms with E-state index in [1.54, 1.807) is 0 Å². The fourth-order valence-electron chi connectivity index (χ4n) is 4.19.